The minimum absolute atomic E-state index is 0.0984. The van der Waals surface area contributed by atoms with Gasteiger partial charge in [0.05, 0.1) is 10.8 Å². The van der Waals surface area contributed by atoms with E-state index in [-0.39, 0.29) is 11.7 Å². The van der Waals surface area contributed by atoms with Gasteiger partial charge in [0.25, 0.3) is 0 Å². The molecular formula is C13H18ClN3O2S. The smallest absolute Gasteiger partial charge is 0.321 e. The summed E-state index contributed by atoms with van der Waals surface area (Å²) >= 11 is 7.24. The highest BCUT2D eigenvalue weighted by atomic mass is 35.5. The van der Waals surface area contributed by atoms with Crippen LogP contribution in [0.4, 0.5) is 10.5 Å². The second-order valence-corrected chi connectivity index (χ2v) is 6.66. The molecular weight excluding hydrogens is 298 g/mol. The highest BCUT2D eigenvalue weighted by Crippen LogP contribution is 2.28. The zero-order chi connectivity index (χ0) is 15.3. The summed E-state index contributed by atoms with van der Waals surface area (Å²) in [6.45, 7) is 5.50. The summed E-state index contributed by atoms with van der Waals surface area (Å²) in [4.78, 5) is 23.9. The van der Waals surface area contributed by atoms with Crippen LogP contribution in [0.5, 0.6) is 0 Å². The number of nitrogens with one attached hydrogen (secondary N) is 2. The van der Waals surface area contributed by atoms with Gasteiger partial charge in [-0.05, 0) is 39.0 Å². The molecule has 3 amide bonds. The van der Waals surface area contributed by atoms with Gasteiger partial charge in [-0.2, -0.15) is 0 Å². The van der Waals surface area contributed by atoms with E-state index in [1.807, 2.05) is 20.8 Å². The monoisotopic (exact) mass is 315 g/mol. The number of thioether (sulfide) groups is 1. The number of imide groups is 1. The van der Waals surface area contributed by atoms with E-state index in [0.29, 0.717) is 10.7 Å². The molecule has 5 nitrogen and oxygen atoms in total. The fourth-order valence-corrected chi connectivity index (χ4v) is 2.38. The van der Waals surface area contributed by atoms with E-state index in [0.717, 1.165) is 4.90 Å². The molecule has 0 aliphatic heterocycles. The Morgan fingerprint density at radius 3 is 2.55 bits per heavy atom. The van der Waals surface area contributed by atoms with Crippen molar-refractivity contribution in [1.29, 1.82) is 0 Å². The van der Waals surface area contributed by atoms with Crippen LogP contribution < -0.4 is 16.4 Å². The van der Waals surface area contributed by atoms with Gasteiger partial charge in [-0.15, -0.1) is 11.8 Å². The van der Waals surface area contributed by atoms with Gasteiger partial charge < -0.3 is 11.1 Å². The Hall–Kier alpha value is -1.40. The number of carbonyl (C=O) groups is 2. The molecule has 0 aliphatic carbocycles. The Balaban J connectivity index is 2.46. The van der Waals surface area contributed by atoms with Gasteiger partial charge in [-0.3, -0.25) is 10.1 Å². The number of benzene rings is 1. The lowest BCUT2D eigenvalue weighted by atomic mass is 10.1. The first-order chi connectivity index (χ1) is 9.17. The Morgan fingerprint density at radius 2 is 2.00 bits per heavy atom. The molecule has 1 aromatic carbocycles. The highest BCUT2D eigenvalue weighted by molar-refractivity contribution is 8.00. The SMILES string of the molecule is CC(C)(C)NC(=O)NC(=O)CSc1ccc(N)cc1Cl. The van der Waals surface area contributed by atoms with E-state index in [2.05, 4.69) is 10.6 Å². The Labute approximate surface area is 127 Å². The number of rotatable bonds is 3. The topological polar surface area (TPSA) is 84.2 Å². The predicted molar refractivity (Wildman–Crippen MR) is 83.0 cm³/mol. The Kier molecular flexibility index (Phi) is 5.71. The van der Waals surface area contributed by atoms with Gasteiger partial charge in [-0.1, -0.05) is 11.6 Å². The first-order valence-corrected chi connectivity index (χ1v) is 7.33. The lowest BCUT2D eigenvalue weighted by molar-refractivity contribution is -0.117. The average Bonchev–Trinajstić information content (AvgIpc) is 2.24. The van der Waals surface area contributed by atoms with Gasteiger partial charge in [0, 0.05) is 16.1 Å². The molecule has 0 saturated heterocycles. The van der Waals surface area contributed by atoms with Crippen molar-refractivity contribution in [3.63, 3.8) is 0 Å². The molecule has 0 radical (unpaired) electrons. The lowest BCUT2D eigenvalue weighted by Crippen LogP contribution is -2.48. The summed E-state index contributed by atoms with van der Waals surface area (Å²) in [5.41, 5.74) is 5.75. The van der Waals surface area contributed by atoms with Gasteiger partial charge in [0.1, 0.15) is 0 Å². The van der Waals surface area contributed by atoms with E-state index >= 15 is 0 Å². The fourth-order valence-electron chi connectivity index (χ4n) is 1.31. The number of hydrogen-bond donors (Lipinski definition) is 3. The molecule has 0 unspecified atom stereocenters. The maximum atomic E-state index is 11.6. The van der Waals surface area contributed by atoms with Crippen LogP contribution in [0.15, 0.2) is 23.1 Å². The normalized spacial score (nSPS) is 11.0. The molecule has 4 N–H and O–H groups in total. The van der Waals surface area contributed by atoms with Crippen LogP contribution in [0.3, 0.4) is 0 Å². The van der Waals surface area contributed by atoms with Crippen LogP contribution in [0.25, 0.3) is 0 Å². The van der Waals surface area contributed by atoms with Crippen molar-refractivity contribution in [3.05, 3.63) is 23.2 Å². The second-order valence-electron chi connectivity index (χ2n) is 5.23. The summed E-state index contributed by atoms with van der Waals surface area (Å²) in [5, 5.41) is 5.39. The first kappa shape index (κ1) is 16.7. The minimum Gasteiger partial charge on any atom is -0.399 e. The van der Waals surface area contributed by atoms with Crippen LogP contribution in [-0.2, 0) is 4.79 Å². The summed E-state index contributed by atoms with van der Waals surface area (Å²) < 4.78 is 0. The molecule has 0 saturated carbocycles. The number of hydrogen-bond acceptors (Lipinski definition) is 4. The lowest BCUT2D eigenvalue weighted by Gasteiger charge is -2.20. The average molecular weight is 316 g/mol. The maximum absolute atomic E-state index is 11.6. The van der Waals surface area contributed by atoms with E-state index < -0.39 is 11.6 Å². The standard InChI is InChI=1S/C13H18ClN3O2S/c1-13(2,3)17-12(19)16-11(18)7-20-10-5-4-8(15)6-9(10)14/h4-6H,7,15H2,1-3H3,(H2,16,17,18,19). The van der Waals surface area contributed by atoms with Crippen molar-refractivity contribution in [3.8, 4) is 0 Å². The first-order valence-electron chi connectivity index (χ1n) is 5.97. The fraction of sp³-hybridized carbons (Fsp3) is 0.385. The largest absolute Gasteiger partial charge is 0.399 e. The van der Waals surface area contributed by atoms with Crippen molar-refractivity contribution in [2.45, 2.75) is 31.2 Å². The number of nitrogens with two attached hydrogens (primary N) is 1. The molecule has 110 valence electrons. The zero-order valence-electron chi connectivity index (χ0n) is 11.6. The van der Waals surface area contributed by atoms with E-state index in [4.69, 9.17) is 17.3 Å². The van der Waals surface area contributed by atoms with E-state index in [1.165, 1.54) is 11.8 Å². The van der Waals surface area contributed by atoms with E-state index in [9.17, 15) is 9.59 Å². The maximum Gasteiger partial charge on any atom is 0.321 e. The van der Waals surface area contributed by atoms with E-state index in [1.54, 1.807) is 18.2 Å². The second kappa shape index (κ2) is 6.85. The van der Waals surface area contributed by atoms with Crippen molar-refractivity contribution in [1.82, 2.24) is 10.6 Å². The molecule has 1 rings (SSSR count). The number of carbonyl (C=O) groups excluding carboxylic acids is 2. The third-order valence-corrected chi connectivity index (χ3v) is 3.55. The third-order valence-electron chi connectivity index (χ3n) is 2.06. The molecule has 0 aliphatic rings. The van der Waals surface area contributed by atoms with Crippen molar-refractivity contribution >= 4 is 41.0 Å². The number of amides is 3. The minimum atomic E-state index is -0.508. The summed E-state index contributed by atoms with van der Waals surface area (Å²) in [6, 6.07) is 4.56. The molecule has 0 fully saturated rings. The summed E-state index contributed by atoms with van der Waals surface area (Å²) in [6.07, 6.45) is 0. The van der Waals surface area contributed by atoms with Crippen LogP contribution in [0.1, 0.15) is 20.8 Å². The number of urea groups is 1. The molecule has 7 heteroatoms. The van der Waals surface area contributed by atoms with Gasteiger partial charge >= 0.3 is 6.03 Å². The molecule has 0 aromatic heterocycles. The highest BCUT2D eigenvalue weighted by Gasteiger charge is 2.15. The van der Waals surface area contributed by atoms with Crippen LogP contribution in [0, 0.1) is 0 Å². The van der Waals surface area contributed by atoms with Gasteiger partial charge in [-0.25, -0.2) is 4.79 Å². The van der Waals surface area contributed by atoms with Crippen LogP contribution in [0.2, 0.25) is 5.02 Å². The quantitative estimate of drug-likeness (QED) is 0.591. The van der Waals surface area contributed by atoms with Crippen LogP contribution in [-0.4, -0.2) is 23.2 Å². The number of halogens is 1. The molecule has 1 aromatic rings. The molecule has 0 spiro atoms. The van der Waals surface area contributed by atoms with Crippen molar-refractivity contribution in [2.75, 3.05) is 11.5 Å². The number of anilines is 1. The zero-order valence-corrected chi connectivity index (χ0v) is 13.2. The Morgan fingerprint density at radius 1 is 1.35 bits per heavy atom. The predicted octanol–water partition coefficient (Wildman–Crippen LogP) is 2.64. The Bertz CT molecular complexity index is 515. The molecule has 20 heavy (non-hydrogen) atoms. The summed E-state index contributed by atoms with van der Waals surface area (Å²) in [7, 11) is 0. The molecule has 0 bridgehead atoms. The van der Waals surface area contributed by atoms with Gasteiger partial charge in [0.15, 0.2) is 0 Å². The third kappa shape index (κ3) is 6.16. The summed E-state index contributed by atoms with van der Waals surface area (Å²) in [5.74, 6) is -0.286. The van der Waals surface area contributed by atoms with Crippen molar-refractivity contribution < 1.29 is 9.59 Å². The molecule has 0 atom stereocenters. The van der Waals surface area contributed by atoms with Crippen molar-refractivity contribution in [2.24, 2.45) is 0 Å². The number of nitrogen functional groups attached to an aromatic ring is 1. The van der Waals surface area contributed by atoms with Gasteiger partial charge in [0.2, 0.25) is 5.91 Å². The molecule has 0 heterocycles. The van der Waals surface area contributed by atoms with Crippen LogP contribution >= 0.6 is 23.4 Å².